The summed E-state index contributed by atoms with van der Waals surface area (Å²) in [5.41, 5.74) is 2.23. The molecule has 0 aliphatic carbocycles. The van der Waals surface area contributed by atoms with Crippen LogP contribution in [0.3, 0.4) is 0 Å². The molecule has 152 valence electrons. The lowest BCUT2D eigenvalue weighted by molar-refractivity contribution is 0.254. The molecule has 2 N–H and O–H groups in total. The summed E-state index contributed by atoms with van der Waals surface area (Å²) in [5.74, 6) is 3.08. The van der Waals surface area contributed by atoms with Gasteiger partial charge in [0.2, 0.25) is 0 Å². The molecule has 0 saturated heterocycles. The Labute approximate surface area is 165 Å². The van der Waals surface area contributed by atoms with Gasteiger partial charge in [-0.05, 0) is 46.8 Å². The lowest BCUT2D eigenvalue weighted by atomic mass is 10.1. The van der Waals surface area contributed by atoms with E-state index < -0.39 is 10.8 Å². The van der Waals surface area contributed by atoms with E-state index in [0.29, 0.717) is 31.4 Å². The van der Waals surface area contributed by atoms with Crippen LogP contribution in [0.15, 0.2) is 17.1 Å². The minimum Gasteiger partial charge on any atom is -0.494 e. The molecule has 0 aromatic heterocycles. The molecule has 0 amide bonds. The highest BCUT2D eigenvalue weighted by atomic mass is 32.2. The van der Waals surface area contributed by atoms with Crippen molar-refractivity contribution in [2.75, 3.05) is 26.0 Å². The van der Waals surface area contributed by atoms with Gasteiger partial charge < -0.3 is 20.1 Å². The Morgan fingerprint density at radius 2 is 2.11 bits per heavy atom. The highest BCUT2D eigenvalue weighted by Crippen LogP contribution is 2.35. The van der Waals surface area contributed by atoms with Gasteiger partial charge in [0, 0.05) is 59.0 Å². The van der Waals surface area contributed by atoms with E-state index in [9.17, 15) is 4.21 Å². The van der Waals surface area contributed by atoms with Crippen LogP contribution in [0.2, 0.25) is 0 Å². The Bertz CT molecular complexity index is 698. The molecule has 1 aromatic rings. The van der Waals surface area contributed by atoms with Crippen LogP contribution >= 0.6 is 0 Å². The Hall–Kier alpha value is -1.76. The highest BCUT2D eigenvalue weighted by Gasteiger charge is 2.22. The van der Waals surface area contributed by atoms with Gasteiger partial charge in [-0.25, -0.2) is 0 Å². The van der Waals surface area contributed by atoms with Crippen LogP contribution in [0.1, 0.15) is 45.7 Å². The third-order valence-electron chi connectivity index (χ3n) is 4.31. The van der Waals surface area contributed by atoms with E-state index in [1.54, 1.807) is 7.05 Å². The van der Waals surface area contributed by atoms with Gasteiger partial charge in [-0.1, -0.05) is 0 Å². The van der Waals surface area contributed by atoms with Gasteiger partial charge in [0.25, 0.3) is 0 Å². The fourth-order valence-corrected chi connectivity index (χ4v) is 3.78. The second-order valence-electron chi connectivity index (χ2n) is 7.65. The van der Waals surface area contributed by atoms with Crippen LogP contribution in [0.4, 0.5) is 0 Å². The summed E-state index contributed by atoms with van der Waals surface area (Å²) in [4.78, 5) is 4.25. The summed E-state index contributed by atoms with van der Waals surface area (Å²) in [6.45, 7) is 11.8. The predicted molar refractivity (Wildman–Crippen MR) is 112 cm³/mol. The second kappa shape index (κ2) is 9.44. The first-order valence-electron chi connectivity index (χ1n) is 9.52. The minimum absolute atomic E-state index is 0.202. The van der Waals surface area contributed by atoms with Crippen LogP contribution < -0.4 is 20.1 Å². The number of fused-ring (bicyclic) bond motifs is 1. The van der Waals surface area contributed by atoms with Crippen LogP contribution in [-0.4, -0.2) is 47.0 Å². The molecule has 1 aliphatic heterocycles. The average molecular weight is 396 g/mol. The predicted octanol–water partition coefficient (Wildman–Crippen LogP) is 2.62. The molecule has 1 aromatic carbocycles. The van der Waals surface area contributed by atoms with E-state index in [-0.39, 0.29) is 10.9 Å². The van der Waals surface area contributed by atoms with Crippen molar-refractivity contribution < 1.29 is 13.7 Å². The zero-order valence-electron chi connectivity index (χ0n) is 17.3. The summed E-state index contributed by atoms with van der Waals surface area (Å²) in [6.07, 6.45) is 1.12. The number of hydrogen-bond donors (Lipinski definition) is 2. The van der Waals surface area contributed by atoms with Crippen molar-refractivity contribution in [1.29, 1.82) is 0 Å². The molecule has 1 heterocycles. The molecule has 0 radical (unpaired) electrons. The highest BCUT2D eigenvalue weighted by molar-refractivity contribution is 7.86. The van der Waals surface area contributed by atoms with Crippen molar-refractivity contribution >= 4 is 16.8 Å². The summed E-state index contributed by atoms with van der Waals surface area (Å²) in [7, 11) is 0.842. The minimum atomic E-state index is -0.887. The summed E-state index contributed by atoms with van der Waals surface area (Å²) >= 11 is 0. The first-order valence-corrected chi connectivity index (χ1v) is 10.8. The van der Waals surface area contributed by atoms with E-state index in [1.165, 1.54) is 5.56 Å². The Morgan fingerprint density at radius 1 is 1.37 bits per heavy atom. The maximum Gasteiger partial charge on any atom is 0.191 e. The molecule has 1 aliphatic rings. The summed E-state index contributed by atoms with van der Waals surface area (Å²) < 4.78 is 23.6. The van der Waals surface area contributed by atoms with Crippen molar-refractivity contribution in [3.05, 3.63) is 23.3 Å². The SMILES string of the molecule is CCOc1cc2c(cc1CNC(=NC)NCCS(=O)C(C)(C)C)OC(C)C2. The topological polar surface area (TPSA) is 72.0 Å². The number of ether oxygens (including phenoxy) is 2. The molecule has 6 nitrogen and oxygen atoms in total. The molecule has 2 rings (SSSR count). The van der Waals surface area contributed by atoms with Gasteiger partial charge in [-0.15, -0.1) is 0 Å². The largest absolute Gasteiger partial charge is 0.494 e. The lowest BCUT2D eigenvalue weighted by Gasteiger charge is -2.19. The number of hydrogen-bond acceptors (Lipinski definition) is 4. The van der Waals surface area contributed by atoms with Gasteiger partial charge >= 0.3 is 0 Å². The lowest BCUT2D eigenvalue weighted by Crippen LogP contribution is -2.40. The van der Waals surface area contributed by atoms with E-state index in [1.807, 2.05) is 27.7 Å². The monoisotopic (exact) mass is 395 g/mol. The van der Waals surface area contributed by atoms with E-state index in [0.717, 1.165) is 23.5 Å². The summed E-state index contributed by atoms with van der Waals surface area (Å²) in [6, 6.07) is 4.14. The maximum atomic E-state index is 12.1. The van der Waals surface area contributed by atoms with Gasteiger partial charge in [-0.3, -0.25) is 9.20 Å². The number of aliphatic imine (C=N–C) groups is 1. The zero-order chi connectivity index (χ0) is 20.0. The number of nitrogens with one attached hydrogen (secondary N) is 2. The van der Waals surface area contributed by atoms with E-state index in [2.05, 4.69) is 34.7 Å². The molecule has 27 heavy (non-hydrogen) atoms. The Kier molecular flexibility index (Phi) is 7.53. The quantitative estimate of drug-likeness (QED) is 0.549. The maximum absolute atomic E-state index is 12.1. The second-order valence-corrected chi connectivity index (χ2v) is 9.97. The number of guanidine groups is 1. The molecule has 0 saturated carbocycles. The molecular weight excluding hydrogens is 362 g/mol. The summed E-state index contributed by atoms with van der Waals surface area (Å²) in [5, 5.41) is 6.53. The van der Waals surface area contributed by atoms with Crippen LogP contribution in [-0.2, 0) is 23.8 Å². The van der Waals surface area contributed by atoms with Gasteiger partial charge in [-0.2, -0.15) is 0 Å². The van der Waals surface area contributed by atoms with Crippen LogP contribution in [0.5, 0.6) is 11.5 Å². The Balaban J connectivity index is 1.96. The smallest absolute Gasteiger partial charge is 0.191 e. The number of benzene rings is 1. The third kappa shape index (κ3) is 6.13. The van der Waals surface area contributed by atoms with Crippen molar-refractivity contribution in [2.45, 2.75) is 58.4 Å². The van der Waals surface area contributed by atoms with Crippen LogP contribution in [0, 0.1) is 0 Å². The van der Waals surface area contributed by atoms with Gasteiger partial charge in [0.05, 0.1) is 6.61 Å². The van der Waals surface area contributed by atoms with Crippen molar-refractivity contribution in [3.63, 3.8) is 0 Å². The van der Waals surface area contributed by atoms with E-state index in [4.69, 9.17) is 9.47 Å². The molecule has 7 heteroatoms. The molecule has 0 fully saturated rings. The Morgan fingerprint density at radius 3 is 2.74 bits per heavy atom. The fraction of sp³-hybridized carbons (Fsp3) is 0.650. The van der Waals surface area contributed by atoms with Crippen molar-refractivity contribution in [3.8, 4) is 11.5 Å². The zero-order valence-corrected chi connectivity index (χ0v) is 18.2. The standard InChI is InChI=1S/C20H33N3O3S/c1-7-25-17-11-15-10-14(2)26-18(15)12-16(17)13-23-19(21-6)22-8-9-27(24)20(3,4)5/h11-12,14H,7-10,13H2,1-6H3,(H2,21,22,23). The normalized spacial score (nSPS) is 17.9. The van der Waals surface area contributed by atoms with Crippen molar-refractivity contribution in [2.24, 2.45) is 4.99 Å². The van der Waals surface area contributed by atoms with E-state index >= 15 is 0 Å². The molecular formula is C20H33N3O3S. The number of rotatable bonds is 7. The molecule has 0 spiro atoms. The molecule has 2 unspecified atom stereocenters. The fourth-order valence-electron chi connectivity index (χ4n) is 2.88. The first-order chi connectivity index (χ1) is 12.7. The molecule has 2 atom stereocenters. The van der Waals surface area contributed by atoms with Gasteiger partial charge in [0.15, 0.2) is 5.96 Å². The third-order valence-corrected chi connectivity index (χ3v) is 6.25. The first kappa shape index (κ1) is 21.5. The molecule has 0 bridgehead atoms. The van der Waals surface area contributed by atoms with Crippen LogP contribution in [0.25, 0.3) is 0 Å². The van der Waals surface area contributed by atoms with Gasteiger partial charge in [0.1, 0.15) is 17.6 Å². The average Bonchev–Trinajstić information content (AvgIpc) is 2.95. The van der Waals surface area contributed by atoms with Crippen molar-refractivity contribution in [1.82, 2.24) is 10.6 Å². The number of nitrogens with zero attached hydrogens (tertiary/aromatic N) is 1.